The van der Waals surface area contributed by atoms with Crippen molar-refractivity contribution in [3.63, 3.8) is 0 Å². The van der Waals surface area contributed by atoms with Crippen LogP contribution in [0.2, 0.25) is 0 Å². The number of methoxy groups -OCH3 is 1. The van der Waals surface area contributed by atoms with Crippen molar-refractivity contribution in [2.45, 2.75) is 6.92 Å². The molecule has 3 nitrogen and oxygen atoms in total. The smallest absolute Gasteiger partial charge is 0.331 e. The lowest BCUT2D eigenvalue weighted by Crippen LogP contribution is -1.97. The molecule has 0 amide bonds. The maximum Gasteiger partial charge on any atom is 0.331 e. The van der Waals surface area contributed by atoms with Gasteiger partial charge in [0.15, 0.2) is 0 Å². The first kappa shape index (κ1) is 11.2. The first-order valence-corrected chi connectivity index (χ1v) is 4.40. The van der Waals surface area contributed by atoms with Gasteiger partial charge in [-0.2, -0.15) is 0 Å². The Hall–Kier alpha value is -1.84. The molecule has 0 fully saturated rings. The van der Waals surface area contributed by atoms with Crippen LogP contribution in [-0.2, 0) is 9.53 Å². The molecule has 0 saturated carbocycles. The molecule has 1 N–H and O–H groups in total. The Morgan fingerprint density at radius 2 is 2.27 bits per heavy atom. The zero-order valence-corrected chi connectivity index (χ0v) is 8.58. The van der Waals surface area contributed by atoms with Crippen molar-refractivity contribution < 1.29 is 13.9 Å². The van der Waals surface area contributed by atoms with Gasteiger partial charge in [-0.25, -0.2) is 9.18 Å². The van der Waals surface area contributed by atoms with Crippen LogP contribution < -0.4 is 5.32 Å². The van der Waals surface area contributed by atoms with Crippen molar-refractivity contribution in [3.8, 4) is 0 Å². The molecule has 0 aliphatic heterocycles. The molecule has 1 aromatic carbocycles. The molecule has 15 heavy (non-hydrogen) atoms. The Morgan fingerprint density at radius 3 is 2.87 bits per heavy atom. The van der Waals surface area contributed by atoms with Gasteiger partial charge in [-0.05, 0) is 24.6 Å². The lowest BCUT2D eigenvalue weighted by Gasteiger charge is -2.02. The van der Waals surface area contributed by atoms with Crippen LogP contribution in [0.15, 0.2) is 30.5 Å². The zero-order valence-electron chi connectivity index (χ0n) is 8.58. The highest BCUT2D eigenvalue weighted by Crippen LogP contribution is 2.14. The molecule has 0 bridgehead atoms. The molecule has 0 spiro atoms. The topological polar surface area (TPSA) is 38.3 Å². The summed E-state index contributed by atoms with van der Waals surface area (Å²) in [5.74, 6) is -0.848. The lowest BCUT2D eigenvalue weighted by atomic mass is 10.2. The summed E-state index contributed by atoms with van der Waals surface area (Å²) in [7, 11) is 1.28. The van der Waals surface area contributed by atoms with Crippen LogP contribution >= 0.6 is 0 Å². The van der Waals surface area contributed by atoms with E-state index in [2.05, 4.69) is 10.1 Å². The molecule has 0 aliphatic rings. The number of carbonyl (C=O) groups is 1. The SMILES string of the molecule is COC(=O)/C=C/Nc1ccc(C)cc1F. The summed E-state index contributed by atoms with van der Waals surface area (Å²) in [6, 6.07) is 4.79. The number of hydrogen-bond acceptors (Lipinski definition) is 3. The number of benzene rings is 1. The van der Waals surface area contributed by atoms with Gasteiger partial charge >= 0.3 is 5.97 Å². The van der Waals surface area contributed by atoms with Crippen LogP contribution in [0.4, 0.5) is 10.1 Å². The highest BCUT2D eigenvalue weighted by molar-refractivity contribution is 5.82. The number of aryl methyl sites for hydroxylation is 1. The van der Waals surface area contributed by atoms with Gasteiger partial charge in [-0.3, -0.25) is 0 Å². The summed E-state index contributed by atoms with van der Waals surface area (Å²) in [5, 5.41) is 2.65. The molecular formula is C11H12FNO2. The average molecular weight is 209 g/mol. The number of hydrogen-bond donors (Lipinski definition) is 1. The largest absolute Gasteiger partial charge is 0.466 e. The number of anilines is 1. The Labute approximate surface area is 87.6 Å². The van der Waals surface area contributed by atoms with E-state index in [0.717, 1.165) is 5.56 Å². The van der Waals surface area contributed by atoms with Gasteiger partial charge in [-0.15, -0.1) is 0 Å². The van der Waals surface area contributed by atoms with Crippen LogP contribution in [0, 0.1) is 12.7 Å². The molecule has 0 atom stereocenters. The van der Waals surface area contributed by atoms with Crippen molar-refractivity contribution in [2.75, 3.05) is 12.4 Å². The van der Waals surface area contributed by atoms with Gasteiger partial charge in [0.05, 0.1) is 12.8 Å². The van der Waals surface area contributed by atoms with Gasteiger partial charge < -0.3 is 10.1 Å². The third-order valence-electron chi connectivity index (χ3n) is 1.78. The van der Waals surface area contributed by atoms with E-state index in [1.54, 1.807) is 19.1 Å². The second-order valence-corrected chi connectivity index (χ2v) is 2.98. The minimum absolute atomic E-state index is 0.320. The second-order valence-electron chi connectivity index (χ2n) is 2.98. The monoisotopic (exact) mass is 209 g/mol. The summed E-state index contributed by atoms with van der Waals surface area (Å²) >= 11 is 0. The fraction of sp³-hybridized carbons (Fsp3) is 0.182. The maximum atomic E-state index is 13.2. The van der Waals surface area contributed by atoms with Crippen molar-refractivity contribution >= 4 is 11.7 Å². The molecule has 1 aromatic rings. The van der Waals surface area contributed by atoms with Gasteiger partial charge in [0.2, 0.25) is 0 Å². The third-order valence-corrected chi connectivity index (χ3v) is 1.78. The summed E-state index contributed by atoms with van der Waals surface area (Å²) in [6.07, 6.45) is 2.51. The van der Waals surface area contributed by atoms with E-state index in [4.69, 9.17) is 0 Å². The van der Waals surface area contributed by atoms with Gasteiger partial charge in [-0.1, -0.05) is 6.07 Å². The van der Waals surface area contributed by atoms with E-state index in [-0.39, 0.29) is 5.82 Å². The Balaban J connectivity index is 2.65. The lowest BCUT2D eigenvalue weighted by molar-refractivity contribution is -0.134. The minimum atomic E-state index is -0.491. The molecule has 4 heteroatoms. The third kappa shape index (κ3) is 3.42. The summed E-state index contributed by atoms with van der Waals surface area (Å²) in [5.41, 5.74) is 1.16. The number of carbonyl (C=O) groups excluding carboxylic acids is 1. The molecule has 0 radical (unpaired) electrons. The second kappa shape index (κ2) is 5.14. The van der Waals surface area contributed by atoms with Crippen molar-refractivity contribution in [1.82, 2.24) is 0 Å². The van der Waals surface area contributed by atoms with E-state index >= 15 is 0 Å². The molecule has 0 saturated heterocycles. The average Bonchev–Trinajstić information content (AvgIpc) is 2.21. The number of halogens is 1. The van der Waals surface area contributed by atoms with Crippen LogP contribution in [0.3, 0.4) is 0 Å². The first-order valence-electron chi connectivity index (χ1n) is 4.40. The van der Waals surface area contributed by atoms with E-state index in [9.17, 15) is 9.18 Å². The first-order chi connectivity index (χ1) is 7.13. The Morgan fingerprint density at radius 1 is 1.53 bits per heavy atom. The normalized spacial score (nSPS) is 10.3. The van der Waals surface area contributed by atoms with Crippen molar-refractivity contribution in [3.05, 3.63) is 41.9 Å². The number of esters is 1. The molecule has 0 aliphatic carbocycles. The standard InChI is InChI=1S/C11H12FNO2/c1-8-3-4-10(9(12)7-8)13-6-5-11(14)15-2/h3-7,13H,1-2H3/b6-5+. The zero-order chi connectivity index (χ0) is 11.3. The maximum absolute atomic E-state index is 13.2. The predicted octanol–water partition coefficient (Wildman–Crippen LogP) is 2.23. The fourth-order valence-corrected chi connectivity index (χ4v) is 1.00. The van der Waals surface area contributed by atoms with Crippen LogP contribution in [0.1, 0.15) is 5.56 Å². The van der Waals surface area contributed by atoms with Gasteiger partial charge in [0, 0.05) is 12.3 Å². The van der Waals surface area contributed by atoms with Crippen LogP contribution in [0.25, 0.3) is 0 Å². The highest BCUT2D eigenvalue weighted by atomic mass is 19.1. The fourth-order valence-electron chi connectivity index (χ4n) is 1.00. The molecule has 0 aromatic heterocycles. The van der Waals surface area contributed by atoms with E-state index in [1.165, 1.54) is 25.5 Å². The van der Waals surface area contributed by atoms with E-state index in [1.807, 2.05) is 0 Å². The number of nitrogens with one attached hydrogen (secondary N) is 1. The minimum Gasteiger partial charge on any atom is -0.466 e. The Kier molecular flexibility index (Phi) is 3.85. The van der Waals surface area contributed by atoms with Crippen LogP contribution in [-0.4, -0.2) is 13.1 Å². The van der Waals surface area contributed by atoms with Crippen molar-refractivity contribution in [2.24, 2.45) is 0 Å². The van der Waals surface area contributed by atoms with Crippen LogP contribution in [0.5, 0.6) is 0 Å². The molecule has 0 heterocycles. The summed E-state index contributed by atoms with van der Waals surface area (Å²) in [6.45, 7) is 1.80. The molecule has 80 valence electrons. The number of ether oxygens (including phenoxy) is 1. The molecule has 1 rings (SSSR count). The van der Waals surface area contributed by atoms with Crippen molar-refractivity contribution in [1.29, 1.82) is 0 Å². The molecule has 0 unspecified atom stereocenters. The van der Waals surface area contributed by atoms with Gasteiger partial charge in [0.1, 0.15) is 5.82 Å². The summed E-state index contributed by atoms with van der Waals surface area (Å²) < 4.78 is 17.6. The van der Waals surface area contributed by atoms with E-state index in [0.29, 0.717) is 5.69 Å². The number of rotatable bonds is 3. The Bertz CT molecular complexity index is 388. The van der Waals surface area contributed by atoms with E-state index < -0.39 is 5.97 Å². The highest BCUT2D eigenvalue weighted by Gasteiger charge is 1.99. The molecular weight excluding hydrogens is 197 g/mol. The summed E-state index contributed by atoms with van der Waals surface area (Å²) in [4.78, 5) is 10.7. The quantitative estimate of drug-likeness (QED) is 0.612. The van der Waals surface area contributed by atoms with Gasteiger partial charge in [0.25, 0.3) is 0 Å². The predicted molar refractivity (Wildman–Crippen MR) is 55.9 cm³/mol.